The highest BCUT2D eigenvalue weighted by atomic mass is 32.2. The molecule has 0 saturated carbocycles. The zero-order valence-electron chi connectivity index (χ0n) is 15.2. The zero-order valence-corrected chi connectivity index (χ0v) is 16.0. The van der Waals surface area contributed by atoms with Gasteiger partial charge in [-0.15, -0.1) is 10.2 Å². The lowest BCUT2D eigenvalue weighted by Crippen LogP contribution is -2.28. The molecule has 1 heterocycles. The number of ether oxygens (including phenoxy) is 1. The first-order valence-corrected chi connectivity index (χ1v) is 10.0. The maximum absolute atomic E-state index is 12.2. The van der Waals surface area contributed by atoms with Gasteiger partial charge >= 0.3 is 0 Å². The summed E-state index contributed by atoms with van der Waals surface area (Å²) >= 11 is 0. The van der Waals surface area contributed by atoms with Gasteiger partial charge in [-0.25, -0.2) is 13.1 Å². The van der Waals surface area contributed by atoms with Crippen molar-refractivity contribution in [1.29, 1.82) is 0 Å². The minimum atomic E-state index is -3.55. The molecular weight excluding hydrogens is 362 g/mol. The van der Waals surface area contributed by atoms with Crippen molar-refractivity contribution in [2.45, 2.75) is 18.7 Å². The van der Waals surface area contributed by atoms with Crippen molar-refractivity contribution in [2.75, 3.05) is 13.2 Å². The van der Waals surface area contributed by atoms with Gasteiger partial charge in [0.05, 0.1) is 10.6 Å². The highest BCUT2D eigenvalue weighted by Gasteiger charge is 2.13. The van der Waals surface area contributed by atoms with E-state index >= 15 is 0 Å². The van der Waals surface area contributed by atoms with Crippen molar-refractivity contribution in [2.24, 2.45) is 0 Å². The fourth-order valence-electron chi connectivity index (χ4n) is 2.47. The highest BCUT2D eigenvalue weighted by molar-refractivity contribution is 7.89. The molecule has 0 aliphatic heterocycles. The van der Waals surface area contributed by atoms with Crippen molar-refractivity contribution in [3.63, 3.8) is 0 Å². The van der Waals surface area contributed by atoms with Gasteiger partial charge < -0.3 is 4.74 Å². The molecule has 27 heavy (non-hydrogen) atoms. The number of aryl methyl sites for hydroxylation is 2. The van der Waals surface area contributed by atoms with Crippen LogP contribution in [0.1, 0.15) is 11.1 Å². The Kier molecular flexibility index (Phi) is 5.83. The summed E-state index contributed by atoms with van der Waals surface area (Å²) in [6, 6.07) is 18.3. The van der Waals surface area contributed by atoms with Gasteiger partial charge in [0.1, 0.15) is 6.61 Å². The smallest absolute Gasteiger partial charge is 0.240 e. The van der Waals surface area contributed by atoms with Crippen LogP contribution in [0, 0.1) is 13.8 Å². The fourth-order valence-corrected chi connectivity index (χ4v) is 3.59. The van der Waals surface area contributed by atoms with Gasteiger partial charge in [-0.2, -0.15) is 0 Å². The van der Waals surface area contributed by atoms with Crippen LogP contribution in [0.4, 0.5) is 0 Å². The van der Waals surface area contributed by atoms with Crippen LogP contribution in [0.15, 0.2) is 65.6 Å². The second kappa shape index (κ2) is 8.28. The molecule has 0 unspecified atom stereocenters. The molecule has 6 nitrogen and oxygen atoms in total. The maximum atomic E-state index is 12.2. The second-order valence-corrected chi connectivity index (χ2v) is 7.95. The Morgan fingerprint density at radius 1 is 0.926 bits per heavy atom. The number of hydrogen-bond donors (Lipinski definition) is 1. The summed E-state index contributed by atoms with van der Waals surface area (Å²) in [6.07, 6.45) is 0. The summed E-state index contributed by atoms with van der Waals surface area (Å²) in [5.41, 5.74) is 3.80. The van der Waals surface area contributed by atoms with Crippen LogP contribution < -0.4 is 9.46 Å². The first-order valence-electron chi connectivity index (χ1n) is 8.54. The minimum absolute atomic E-state index is 0.137. The summed E-state index contributed by atoms with van der Waals surface area (Å²) < 4.78 is 32.4. The molecule has 0 saturated heterocycles. The standard InChI is InChI=1S/C20H21N3O3S/c1-15-6-8-17(9-7-15)19-10-11-20(23-22-19)26-13-12-21-27(24,25)18-5-3-4-16(2)14-18/h3-11,14,21H,12-13H2,1-2H3. The molecule has 1 N–H and O–H groups in total. The van der Waals surface area contributed by atoms with E-state index in [9.17, 15) is 8.42 Å². The molecule has 0 aliphatic carbocycles. The molecule has 140 valence electrons. The van der Waals surface area contributed by atoms with Gasteiger partial charge in [0, 0.05) is 18.2 Å². The lowest BCUT2D eigenvalue weighted by molar-refractivity contribution is 0.307. The first-order chi connectivity index (χ1) is 12.9. The van der Waals surface area contributed by atoms with E-state index in [0.29, 0.717) is 5.88 Å². The van der Waals surface area contributed by atoms with Crippen LogP contribution >= 0.6 is 0 Å². The molecule has 3 rings (SSSR count). The number of sulfonamides is 1. The van der Waals surface area contributed by atoms with Crippen molar-refractivity contribution < 1.29 is 13.2 Å². The van der Waals surface area contributed by atoms with Gasteiger partial charge in [-0.3, -0.25) is 0 Å². The molecule has 0 spiro atoms. The van der Waals surface area contributed by atoms with E-state index in [2.05, 4.69) is 14.9 Å². The molecule has 0 bridgehead atoms. The van der Waals surface area contributed by atoms with Crippen LogP contribution in [0.3, 0.4) is 0 Å². The number of hydrogen-bond acceptors (Lipinski definition) is 5. The molecule has 0 atom stereocenters. The summed E-state index contributed by atoms with van der Waals surface area (Å²) in [7, 11) is -3.55. The van der Waals surface area contributed by atoms with Crippen LogP contribution in [0.2, 0.25) is 0 Å². The zero-order chi connectivity index (χ0) is 19.3. The molecule has 0 fully saturated rings. The highest BCUT2D eigenvalue weighted by Crippen LogP contribution is 2.18. The van der Waals surface area contributed by atoms with Gasteiger partial charge in [0.25, 0.3) is 0 Å². The third-order valence-corrected chi connectivity index (χ3v) is 5.39. The van der Waals surface area contributed by atoms with Crippen molar-refractivity contribution in [3.8, 4) is 17.1 Å². The number of nitrogens with one attached hydrogen (secondary N) is 1. The third-order valence-electron chi connectivity index (χ3n) is 3.93. The molecule has 7 heteroatoms. The van der Waals surface area contributed by atoms with Gasteiger partial charge in [0.15, 0.2) is 0 Å². The molecule has 0 amide bonds. The number of aromatic nitrogens is 2. The third kappa shape index (κ3) is 5.12. The summed E-state index contributed by atoms with van der Waals surface area (Å²) in [5, 5.41) is 8.18. The molecule has 3 aromatic rings. The van der Waals surface area contributed by atoms with Gasteiger partial charge in [0.2, 0.25) is 15.9 Å². The second-order valence-electron chi connectivity index (χ2n) is 6.19. The van der Waals surface area contributed by atoms with Crippen molar-refractivity contribution >= 4 is 10.0 Å². The monoisotopic (exact) mass is 383 g/mol. The van der Waals surface area contributed by atoms with E-state index in [1.165, 1.54) is 5.56 Å². The van der Waals surface area contributed by atoms with Crippen LogP contribution in [-0.2, 0) is 10.0 Å². The summed E-state index contributed by atoms with van der Waals surface area (Å²) in [6.45, 7) is 4.17. The normalized spacial score (nSPS) is 11.3. The van der Waals surface area contributed by atoms with Crippen LogP contribution in [0.25, 0.3) is 11.3 Å². The van der Waals surface area contributed by atoms with E-state index < -0.39 is 10.0 Å². The van der Waals surface area contributed by atoms with E-state index in [-0.39, 0.29) is 18.0 Å². The van der Waals surface area contributed by atoms with E-state index in [0.717, 1.165) is 16.8 Å². The summed E-state index contributed by atoms with van der Waals surface area (Å²) in [5.74, 6) is 0.348. The van der Waals surface area contributed by atoms with Crippen molar-refractivity contribution in [1.82, 2.24) is 14.9 Å². The maximum Gasteiger partial charge on any atom is 0.240 e. The Bertz CT molecular complexity index is 1000. The molecule has 1 aromatic heterocycles. The number of benzene rings is 2. The van der Waals surface area contributed by atoms with E-state index in [1.54, 1.807) is 24.3 Å². The Hall–Kier alpha value is -2.77. The lowest BCUT2D eigenvalue weighted by Gasteiger charge is -2.08. The van der Waals surface area contributed by atoms with Crippen LogP contribution in [0.5, 0.6) is 5.88 Å². The molecule has 0 aliphatic rings. The Labute approximate surface area is 159 Å². The van der Waals surface area contributed by atoms with Gasteiger partial charge in [-0.1, -0.05) is 42.0 Å². The average molecular weight is 383 g/mol. The lowest BCUT2D eigenvalue weighted by atomic mass is 10.1. The SMILES string of the molecule is Cc1ccc(-c2ccc(OCCNS(=O)(=O)c3cccc(C)c3)nn2)cc1. The summed E-state index contributed by atoms with van der Waals surface area (Å²) in [4.78, 5) is 0.241. The molecule has 0 radical (unpaired) electrons. The molecule has 2 aromatic carbocycles. The largest absolute Gasteiger partial charge is 0.475 e. The van der Waals surface area contributed by atoms with Crippen molar-refractivity contribution in [3.05, 3.63) is 71.8 Å². The quantitative estimate of drug-likeness (QED) is 0.634. The molecular formula is C20H21N3O3S. The predicted molar refractivity (Wildman–Crippen MR) is 104 cm³/mol. The average Bonchev–Trinajstić information content (AvgIpc) is 2.66. The van der Waals surface area contributed by atoms with Gasteiger partial charge in [-0.05, 0) is 37.6 Å². The Morgan fingerprint density at radius 3 is 2.37 bits per heavy atom. The first kappa shape index (κ1) is 19.0. The minimum Gasteiger partial charge on any atom is -0.475 e. The van der Waals surface area contributed by atoms with E-state index in [1.807, 2.05) is 50.2 Å². The Morgan fingerprint density at radius 2 is 1.70 bits per heavy atom. The van der Waals surface area contributed by atoms with E-state index in [4.69, 9.17) is 4.74 Å². The fraction of sp³-hybridized carbons (Fsp3) is 0.200. The number of rotatable bonds is 7. The Balaban J connectivity index is 1.52. The topological polar surface area (TPSA) is 81.2 Å². The number of nitrogens with zero attached hydrogens (tertiary/aromatic N) is 2. The van der Waals surface area contributed by atoms with Crippen LogP contribution in [-0.4, -0.2) is 31.8 Å². The predicted octanol–water partition coefficient (Wildman–Crippen LogP) is 3.12.